The fourth-order valence-electron chi connectivity index (χ4n) is 3.46. The zero-order valence-corrected chi connectivity index (χ0v) is 15.0. The zero-order chi connectivity index (χ0) is 17.8. The van der Waals surface area contributed by atoms with Gasteiger partial charge in [-0.25, -0.2) is 0 Å². The van der Waals surface area contributed by atoms with E-state index in [1.54, 1.807) is 6.07 Å². The number of aryl methyl sites for hydroxylation is 1. The quantitative estimate of drug-likeness (QED) is 0.878. The molecule has 25 heavy (non-hydrogen) atoms. The van der Waals surface area contributed by atoms with Crippen molar-refractivity contribution in [2.45, 2.75) is 45.2 Å². The molecule has 2 unspecified atom stereocenters. The first kappa shape index (κ1) is 17.9. The van der Waals surface area contributed by atoms with Crippen LogP contribution in [0.4, 0.5) is 5.69 Å². The molecule has 2 aliphatic heterocycles. The van der Waals surface area contributed by atoms with E-state index in [0.29, 0.717) is 31.4 Å². The molecule has 2 atom stereocenters. The Balaban J connectivity index is 1.67. The van der Waals surface area contributed by atoms with Crippen LogP contribution in [0.2, 0.25) is 0 Å². The molecule has 2 N–H and O–H groups in total. The molecule has 0 bridgehead atoms. The van der Waals surface area contributed by atoms with Gasteiger partial charge in [0, 0.05) is 30.4 Å². The van der Waals surface area contributed by atoms with Crippen LogP contribution in [-0.2, 0) is 9.53 Å². The minimum atomic E-state index is -0.330. The number of carbonyl (C=O) groups is 2. The maximum Gasteiger partial charge on any atom is 0.254 e. The molecule has 6 heteroatoms. The standard InChI is InChI=1S/C19H27N3O3/c1-13-11-15(19(24)22-9-4-3-5-14(22)2)6-7-16(13)21-18(23)17-12-25-10-8-20-17/h6-7,11,14,17,20H,3-5,8-10,12H2,1-2H3,(H,21,23). The average molecular weight is 345 g/mol. The van der Waals surface area contributed by atoms with Gasteiger partial charge in [0.05, 0.1) is 13.2 Å². The average Bonchev–Trinajstić information content (AvgIpc) is 2.64. The van der Waals surface area contributed by atoms with Crippen LogP contribution in [0.5, 0.6) is 0 Å². The van der Waals surface area contributed by atoms with Crippen LogP contribution in [0, 0.1) is 6.92 Å². The molecule has 136 valence electrons. The number of morpholine rings is 1. The lowest BCUT2D eigenvalue weighted by Gasteiger charge is -2.33. The summed E-state index contributed by atoms with van der Waals surface area (Å²) in [5, 5.41) is 6.07. The number of rotatable bonds is 3. The molecule has 2 heterocycles. The topological polar surface area (TPSA) is 70.7 Å². The molecule has 1 aromatic rings. The Morgan fingerprint density at radius 1 is 1.32 bits per heavy atom. The van der Waals surface area contributed by atoms with E-state index >= 15 is 0 Å². The summed E-state index contributed by atoms with van der Waals surface area (Å²) in [6.45, 7) is 6.54. The molecular weight excluding hydrogens is 318 g/mol. The smallest absolute Gasteiger partial charge is 0.254 e. The number of nitrogens with zero attached hydrogens (tertiary/aromatic N) is 1. The van der Waals surface area contributed by atoms with Crippen molar-refractivity contribution in [2.75, 3.05) is 31.6 Å². The molecule has 1 aromatic carbocycles. The van der Waals surface area contributed by atoms with E-state index in [9.17, 15) is 9.59 Å². The summed E-state index contributed by atoms with van der Waals surface area (Å²) in [7, 11) is 0. The molecule has 0 aliphatic carbocycles. The van der Waals surface area contributed by atoms with Crippen LogP contribution in [-0.4, -0.2) is 55.1 Å². The van der Waals surface area contributed by atoms with Crippen LogP contribution in [0.1, 0.15) is 42.1 Å². The summed E-state index contributed by atoms with van der Waals surface area (Å²) in [6, 6.07) is 5.45. The minimum Gasteiger partial charge on any atom is -0.378 e. The number of likely N-dealkylation sites (tertiary alicyclic amines) is 1. The molecule has 2 fully saturated rings. The van der Waals surface area contributed by atoms with Gasteiger partial charge in [0.2, 0.25) is 5.91 Å². The number of hydrogen-bond acceptors (Lipinski definition) is 4. The van der Waals surface area contributed by atoms with Crippen molar-refractivity contribution in [1.82, 2.24) is 10.2 Å². The Morgan fingerprint density at radius 2 is 2.16 bits per heavy atom. The molecule has 0 aromatic heterocycles. The van der Waals surface area contributed by atoms with E-state index in [1.807, 2.05) is 24.0 Å². The first-order valence-electron chi connectivity index (χ1n) is 9.10. The Hall–Kier alpha value is -1.92. The highest BCUT2D eigenvalue weighted by molar-refractivity contribution is 5.98. The fourth-order valence-corrected chi connectivity index (χ4v) is 3.46. The Kier molecular flexibility index (Phi) is 5.71. The number of hydrogen-bond donors (Lipinski definition) is 2. The summed E-state index contributed by atoms with van der Waals surface area (Å²) in [5.41, 5.74) is 2.31. The monoisotopic (exact) mass is 345 g/mol. The van der Waals surface area contributed by atoms with E-state index in [0.717, 1.165) is 30.6 Å². The second-order valence-corrected chi connectivity index (χ2v) is 6.94. The van der Waals surface area contributed by atoms with Crippen LogP contribution in [0.3, 0.4) is 0 Å². The predicted molar refractivity (Wildman–Crippen MR) is 96.8 cm³/mol. The highest BCUT2D eigenvalue weighted by Crippen LogP contribution is 2.22. The van der Waals surface area contributed by atoms with Gasteiger partial charge in [-0.1, -0.05) is 0 Å². The van der Waals surface area contributed by atoms with Crippen LogP contribution >= 0.6 is 0 Å². The SMILES string of the molecule is Cc1cc(C(=O)N2CCCCC2C)ccc1NC(=O)C1COCCN1. The first-order chi connectivity index (χ1) is 12.1. The largest absolute Gasteiger partial charge is 0.378 e. The summed E-state index contributed by atoms with van der Waals surface area (Å²) >= 11 is 0. The molecule has 2 aliphatic rings. The Bertz CT molecular complexity index is 641. The van der Waals surface area contributed by atoms with E-state index in [1.165, 1.54) is 6.42 Å². The maximum absolute atomic E-state index is 12.8. The minimum absolute atomic E-state index is 0.0792. The predicted octanol–water partition coefficient (Wildman–Crippen LogP) is 1.94. The molecule has 2 amide bonds. The third-order valence-corrected chi connectivity index (χ3v) is 5.03. The summed E-state index contributed by atoms with van der Waals surface area (Å²) < 4.78 is 5.33. The van der Waals surface area contributed by atoms with E-state index in [4.69, 9.17) is 4.74 Å². The highest BCUT2D eigenvalue weighted by Gasteiger charge is 2.25. The van der Waals surface area contributed by atoms with Gasteiger partial charge in [-0.05, 0) is 56.9 Å². The number of anilines is 1. The third kappa shape index (κ3) is 4.19. The number of piperidine rings is 1. The lowest BCUT2D eigenvalue weighted by molar-refractivity contribution is -0.120. The van der Waals surface area contributed by atoms with Gasteiger partial charge in [0.15, 0.2) is 0 Å². The second-order valence-electron chi connectivity index (χ2n) is 6.94. The Morgan fingerprint density at radius 3 is 2.84 bits per heavy atom. The van der Waals surface area contributed by atoms with Crippen molar-refractivity contribution < 1.29 is 14.3 Å². The normalized spacial score (nSPS) is 24.0. The van der Waals surface area contributed by atoms with Gasteiger partial charge >= 0.3 is 0 Å². The highest BCUT2D eigenvalue weighted by atomic mass is 16.5. The van der Waals surface area contributed by atoms with Gasteiger partial charge in [0.25, 0.3) is 5.91 Å². The fraction of sp³-hybridized carbons (Fsp3) is 0.579. The number of benzene rings is 1. The van der Waals surface area contributed by atoms with Crippen molar-refractivity contribution in [1.29, 1.82) is 0 Å². The van der Waals surface area contributed by atoms with Gasteiger partial charge < -0.3 is 20.3 Å². The van der Waals surface area contributed by atoms with Crippen molar-refractivity contribution in [2.24, 2.45) is 0 Å². The van der Waals surface area contributed by atoms with Gasteiger partial charge in [-0.2, -0.15) is 0 Å². The number of ether oxygens (including phenoxy) is 1. The number of carbonyl (C=O) groups excluding carboxylic acids is 2. The summed E-state index contributed by atoms with van der Waals surface area (Å²) in [5.74, 6) is -0.0259. The van der Waals surface area contributed by atoms with Gasteiger partial charge in [-0.3, -0.25) is 9.59 Å². The first-order valence-corrected chi connectivity index (χ1v) is 9.10. The van der Waals surface area contributed by atoms with Crippen molar-refractivity contribution in [3.05, 3.63) is 29.3 Å². The van der Waals surface area contributed by atoms with E-state index in [2.05, 4.69) is 17.6 Å². The summed E-state index contributed by atoms with van der Waals surface area (Å²) in [4.78, 5) is 27.0. The molecule has 0 saturated carbocycles. The van der Waals surface area contributed by atoms with Gasteiger partial charge in [-0.15, -0.1) is 0 Å². The lowest BCUT2D eigenvalue weighted by atomic mass is 10.0. The molecular formula is C19H27N3O3. The van der Waals surface area contributed by atoms with Crippen molar-refractivity contribution in [3.63, 3.8) is 0 Å². The third-order valence-electron chi connectivity index (χ3n) is 5.03. The van der Waals surface area contributed by atoms with Crippen molar-refractivity contribution >= 4 is 17.5 Å². The molecule has 3 rings (SSSR count). The molecule has 2 saturated heterocycles. The van der Waals surface area contributed by atoms with Crippen LogP contribution in [0.15, 0.2) is 18.2 Å². The van der Waals surface area contributed by atoms with Crippen molar-refractivity contribution in [3.8, 4) is 0 Å². The summed E-state index contributed by atoms with van der Waals surface area (Å²) in [6.07, 6.45) is 3.32. The second kappa shape index (κ2) is 7.97. The van der Waals surface area contributed by atoms with E-state index < -0.39 is 0 Å². The van der Waals surface area contributed by atoms with Crippen LogP contribution in [0.25, 0.3) is 0 Å². The zero-order valence-electron chi connectivity index (χ0n) is 15.0. The number of nitrogens with one attached hydrogen (secondary N) is 2. The molecule has 0 radical (unpaired) electrons. The molecule has 0 spiro atoms. The maximum atomic E-state index is 12.8. The van der Waals surface area contributed by atoms with Crippen LogP contribution < -0.4 is 10.6 Å². The number of amides is 2. The lowest BCUT2D eigenvalue weighted by Crippen LogP contribution is -2.48. The van der Waals surface area contributed by atoms with Gasteiger partial charge in [0.1, 0.15) is 6.04 Å². The Labute approximate surface area is 148 Å². The molecule has 6 nitrogen and oxygen atoms in total. The van der Waals surface area contributed by atoms with E-state index in [-0.39, 0.29) is 17.9 Å².